The molecule has 1 amide bonds. The number of aromatic nitrogens is 1. The fraction of sp³-hybridized carbons (Fsp3) is 0.0500. The fourth-order valence-electron chi connectivity index (χ4n) is 2.30. The molecule has 3 aromatic rings. The first-order valence-electron chi connectivity index (χ1n) is 7.95. The smallest absolute Gasteiger partial charge is 0.343 e. The maximum Gasteiger partial charge on any atom is 0.343 e. The molecule has 0 spiro atoms. The minimum atomic E-state index is -0.685. The molecule has 0 aliphatic carbocycles. The third-order valence-corrected chi connectivity index (χ3v) is 4.34. The van der Waals surface area contributed by atoms with Crippen LogP contribution in [0.3, 0.4) is 0 Å². The normalized spacial score (nSPS) is 10.3. The Labute approximate surface area is 159 Å². The van der Waals surface area contributed by atoms with E-state index in [-0.39, 0.29) is 17.2 Å². The summed E-state index contributed by atoms with van der Waals surface area (Å²) in [6.45, 7) is 0. The number of amides is 1. The summed E-state index contributed by atoms with van der Waals surface area (Å²) in [7, 11) is 0. The Morgan fingerprint density at radius 1 is 1.04 bits per heavy atom. The van der Waals surface area contributed by atoms with Gasteiger partial charge in [-0.1, -0.05) is 12.1 Å². The fourth-order valence-corrected chi connectivity index (χ4v) is 2.85. The summed E-state index contributed by atoms with van der Waals surface area (Å²) in [5.41, 5.74) is 1.22. The minimum absolute atomic E-state index is 0.138. The topological polar surface area (TPSA) is 68.3 Å². The number of anilines is 1. The van der Waals surface area contributed by atoms with Gasteiger partial charge in [0.1, 0.15) is 5.03 Å². The van der Waals surface area contributed by atoms with Crippen LogP contribution in [0.1, 0.15) is 20.7 Å². The summed E-state index contributed by atoms with van der Waals surface area (Å²) in [4.78, 5) is 28.7. The summed E-state index contributed by atoms with van der Waals surface area (Å²) in [5.74, 6) is -1.74. The molecule has 0 saturated heterocycles. The quantitative estimate of drug-likeness (QED) is 0.402. The van der Waals surface area contributed by atoms with Gasteiger partial charge >= 0.3 is 5.97 Å². The van der Waals surface area contributed by atoms with Crippen LogP contribution in [-0.4, -0.2) is 23.1 Å². The number of esters is 1. The van der Waals surface area contributed by atoms with Gasteiger partial charge in [-0.15, -0.1) is 11.8 Å². The van der Waals surface area contributed by atoms with E-state index in [0.717, 1.165) is 0 Å². The molecular weight excluding hydrogens is 367 g/mol. The van der Waals surface area contributed by atoms with Crippen LogP contribution in [0.25, 0.3) is 0 Å². The molecule has 0 unspecified atom stereocenters. The van der Waals surface area contributed by atoms with E-state index in [1.165, 1.54) is 42.1 Å². The van der Waals surface area contributed by atoms with Gasteiger partial charge in [-0.25, -0.2) is 14.2 Å². The van der Waals surface area contributed by atoms with Crippen molar-refractivity contribution in [2.24, 2.45) is 0 Å². The van der Waals surface area contributed by atoms with Crippen LogP contribution in [0.4, 0.5) is 10.1 Å². The van der Waals surface area contributed by atoms with Gasteiger partial charge in [0.2, 0.25) is 0 Å². The van der Waals surface area contributed by atoms with Gasteiger partial charge in [0, 0.05) is 11.9 Å². The van der Waals surface area contributed by atoms with E-state index >= 15 is 0 Å². The highest BCUT2D eigenvalue weighted by atomic mass is 32.2. The van der Waals surface area contributed by atoms with Gasteiger partial charge in [0.25, 0.3) is 5.91 Å². The predicted molar refractivity (Wildman–Crippen MR) is 102 cm³/mol. The molecule has 0 radical (unpaired) electrons. The van der Waals surface area contributed by atoms with E-state index in [1.807, 2.05) is 6.26 Å². The number of hydrogen-bond acceptors (Lipinski definition) is 5. The van der Waals surface area contributed by atoms with Crippen LogP contribution in [0.2, 0.25) is 0 Å². The third kappa shape index (κ3) is 4.51. The number of para-hydroxylation sites is 1. The molecule has 1 heterocycles. The average molecular weight is 382 g/mol. The summed E-state index contributed by atoms with van der Waals surface area (Å²) in [5, 5.41) is 3.38. The number of benzene rings is 2. The van der Waals surface area contributed by atoms with Crippen LogP contribution in [0, 0.1) is 5.82 Å². The van der Waals surface area contributed by atoms with Crippen molar-refractivity contribution in [1.82, 2.24) is 4.98 Å². The Hall–Kier alpha value is -3.19. The monoisotopic (exact) mass is 382 g/mol. The number of carbonyl (C=O) groups excluding carboxylic acids is 2. The van der Waals surface area contributed by atoms with E-state index in [4.69, 9.17) is 4.74 Å². The molecular formula is C20H15FN2O3S. The maximum atomic E-state index is 13.6. The summed E-state index contributed by atoms with van der Waals surface area (Å²) < 4.78 is 18.6. The van der Waals surface area contributed by atoms with E-state index < -0.39 is 11.8 Å². The van der Waals surface area contributed by atoms with Crippen molar-refractivity contribution in [1.29, 1.82) is 0 Å². The van der Waals surface area contributed by atoms with Crippen LogP contribution in [0.15, 0.2) is 71.9 Å². The molecule has 0 aliphatic rings. The van der Waals surface area contributed by atoms with Gasteiger partial charge in [-0.05, 0) is 54.8 Å². The molecule has 0 fully saturated rings. The number of hydrogen-bond donors (Lipinski definition) is 1. The summed E-state index contributed by atoms with van der Waals surface area (Å²) in [6.07, 6.45) is 3.47. The van der Waals surface area contributed by atoms with E-state index in [2.05, 4.69) is 10.3 Å². The van der Waals surface area contributed by atoms with Gasteiger partial charge in [-0.3, -0.25) is 4.79 Å². The lowest BCUT2D eigenvalue weighted by molar-refractivity contribution is 0.0727. The van der Waals surface area contributed by atoms with Gasteiger partial charge in [-0.2, -0.15) is 0 Å². The van der Waals surface area contributed by atoms with Crippen molar-refractivity contribution >= 4 is 29.3 Å². The van der Waals surface area contributed by atoms with Gasteiger partial charge < -0.3 is 10.1 Å². The second kappa shape index (κ2) is 8.46. The molecule has 0 aliphatic heterocycles. The number of carbonyl (C=O) groups is 2. The lowest BCUT2D eigenvalue weighted by Gasteiger charge is -2.09. The van der Waals surface area contributed by atoms with E-state index in [9.17, 15) is 14.0 Å². The second-order valence-corrected chi connectivity index (χ2v) is 6.21. The highest BCUT2D eigenvalue weighted by molar-refractivity contribution is 7.98. The Balaban J connectivity index is 1.69. The lowest BCUT2D eigenvalue weighted by atomic mass is 10.2. The van der Waals surface area contributed by atoms with Crippen molar-refractivity contribution in [2.75, 3.05) is 11.6 Å². The van der Waals surface area contributed by atoms with Crippen LogP contribution in [0.5, 0.6) is 5.75 Å². The number of nitrogens with one attached hydrogen (secondary N) is 1. The standard InChI is InChI=1S/C20H15FN2O3S/c1-27-19-15(5-4-12-22-19)18(24)23-14-10-8-13(9-11-14)20(25)26-17-7-3-2-6-16(17)21/h2-12H,1H3,(H,23,24). The number of thioether (sulfide) groups is 1. The maximum absolute atomic E-state index is 13.6. The lowest BCUT2D eigenvalue weighted by Crippen LogP contribution is -2.14. The Morgan fingerprint density at radius 2 is 1.78 bits per heavy atom. The van der Waals surface area contributed by atoms with Gasteiger partial charge in [0.15, 0.2) is 11.6 Å². The molecule has 136 valence electrons. The molecule has 0 atom stereocenters. The third-order valence-electron chi connectivity index (χ3n) is 3.63. The van der Waals surface area contributed by atoms with Crippen molar-refractivity contribution in [3.05, 3.63) is 83.8 Å². The largest absolute Gasteiger partial charge is 0.420 e. The number of rotatable bonds is 5. The highest BCUT2D eigenvalue weighted by Crippen LogP contribution is 2.20. The highest BCUT2D eigenvalue weighted by Gasteiger charge is 2.14. The first kappa shape index (κ1) is 18.6. The average Bonchev–Trinajstić information content (AvgIpc) is 2.70. The zero-order valence-corrected chi connectivity index (χ0v) is 15.1. The first-order valence-corrected chi connectivity index (χ1v) is 9.18. The first-order chi connectivity index (χ1) is 13.1. The number of pyridine rings is 1. The zero-order chi connectivity index (χ0) is 19.2. The van der Waals surface area contributed by atoms with Crippen molar-refractivity contribution in [3.8, 4) is 5.75 Å². The van der Waals surface area contributed by atoms with Crippen molar-refractivity contribution < 1.29 is 18.7 Å². The number of ether oxygens (including phenoxy) is 1. The molecule has 0 bridgehead atoms. The van der Waals surface area contributed by atoms with Gasteiger partial charge in [0.05, 0.1) is 11.1 Å². The molecule has 1 aromatic heterocycles. The Kier molecular flexibility index (Phi) is 5.83. The zero-order valence-electron chi connectivity index (χ0n) is 14.3. The SMILES string of the molecule is CSc1ncccc1C(=O)Nc1ccc(C(=O)Oc2ccccc2F)cc1. The molecule has 27 heavy (non-hydrogen) atoms. The Bertz CT molecular complexity index is 977. The van der Waals surface area contributed by atoms with Crippen LogP contribution >= 0.6 is 11.8 Å². The van der Waals surface area contributed by atoms with Crippen molar-refractivity contribution in [2.45, 2.75) is 5.03 Å². The van der Waals surface area contributed by atoms with Crippen LogP contribution in [-0.2, 0) is 0 Å². The second-order valence-electron chi connectivity index (χ2n) is 5.41. The molecule has 1 N–H and O–H groups in total. The molecule has 0 saturated carbocycles. The molecule has 5 nitrogen and oxygen atoms in total. The molecule has 7 heteroatoms. The van der Waals surface area contributed by atoms with Crippen molar-refractivity contribution in [3.63, 3.8) is 0 Å². The van der Waals surface area contributed by atoms with Crippen LogP contribution < -0.4 is 10.1 Å². The predicted octanol–water partition coefficient (Wildman–Crippen LogP) is 4.41. The van der Waals surface area contributed by atoms with E-state index in [1.54, 1.807) is 36.5 Å². The summed E-state index contributed by atoms with van der Waals surface area (Å²) >= 11 is 1.38. The molecule has 2 aromatic carbocycles. The number of nitrogens with zero attached hydrogens (tertiary/aromatic N) is 1. The van der Waals surface area contributed by atoms with E-state index in [0.29, 0.717) is 16.3 Å². The minimum Gasteiger partial charge on any atom is -0.420 e. The summed E-state index contributed by atoms with van der Waals surface area (Å²) in [6, 6.07) is 15.2. The number of halogens is 1. The molecule has 3 rings (SSSR count). The Morgan fingerprint density at radius 3 is 2.48 bits per heavy atom.